The standard InChI is InChI=1S/C12H27NOSi/c1-5-7-13-9-12(6-8-14-10-12)11-15(2,3)4/h13H,5-11H2,1-4H3. The highest BCUT2D eigenvalue weighted by Gasteiger charge is 2.38. The van der Waals surface area contributed by atoms with Crippen molar-refractivity contribution in [2.45, 2.75) is 45.5 Å². The Morgan fingerprint density at radius 1 is 1.33 bits per heavy atom. The lowest BCUT2D eigenvalue weighted by atomic mass is 9.89. The van der Waals surface area contributed by atoms with Crippen molar-refractivity contribution in [2.75, 3.05) is 26.3 Å². The van der Waals surface area contributed by atoms with E-state index in [9.17, 15) is 0 Å². The minimum atomic E-state index is -0.975. The molecule has 0 radical (unpaired) electrons. The first-order valence-electron chi connectivity index (χ1n) is 6.26. The third-order valence-electron chi connectivity index (χ3n) is 3.02. The third-order valence-corrected chi connectivity index (χ3v) is 4.83. The quantitative estimate of drug-likeness (QED) is 0.558. The highest BCUT2D eigenvalue weighted by molar-refractivity contribution is 6.76. The minimum Gasteiger partial charge on any atom is -0.381 e. The summed E-state index contributed by atoms with van der Waals surface area (Å²) in [4.78, 5) is 0. The van der Waals surface area contributed by atoms with Gasteiger partial charge >= 0.3 is 0 Å². The Morgan fingerprint density at radius 2 is 2.07 bits per heavy atom. The van der Waals surface area contributed by atoms with Gasteiger partial charge in [0.15, 0.2) is 0 Å². The first-order valence-corrected chi connectivity index (χ1v) is 9.97. The van der Waals surface area contributed by atoms with Crippen LogP contribution in [0.3, 0.4) is 0 Å². The molecular weight excluding hydrogens is 202 g/mol. The van der Waals surface area contributed by atoms with Gasteiger partial charge in [-0.3, -0.25) is 0 Å². The lowest BCUT2D eigenvalue weighted by molar-refractivity contribution is 0.157. The lowest BCUT2D eigenvalue weighted by Gasteiger charge is -2.33. The summed E-state index contributed by atoms with van der Waals surface area (Å²) in [7, 11) is -0.975. The van der Waals surface area contributed by atoms with Crippen LogP contribution >= 0.6 is 0 Å². The first kappa shape index (κ1) is 13.2. The predicted octanol–water partition coefficient (Wildman–Crippen LogP) is 2.73. The Hall–Kier alpha value is 0.137. The number of hydrogen-bond acceptors (Lipinski definition) is 2. The van der Waals surface area contributed by atoms with Crippen LogP contribution in [0.2, 0.25) is 25.7 Å². The van der Waals surface area contributed by atoms with Crippen LogP contribution in [0.4, 0.5) is 0 Å². The zero-order valence-corrected chi connectivity index (χ0v) is 11.9. The fourth-order valence-corrected chi connectivity index (χ4v) is 5.30. The van der Waals surface area contributed by atoms with Crippen LogP contribution < -0.4 is 5.32 Å². The van der Waals surface area contributed by atoms with Gasteiger partial charge < -0.3 is 10.1 Å². The first-order chi connectivity index (χ1) is 6.97. The zero-order chi connectivity index (χ0) is 11.4. The summed E-state index contributed by atoms with van der Waals surface area (Å²) >= 11 is 0. The molecule has 90 valence electrons. The van der Waals surface area contributed by atoms with Crippen molar-refractivity contribution in [1.82, 2.24) is 5.32 Å². The van der Waals surface area contributed by atoms with Gasteiger partial charge in [0, 0.05) is 26.6 Å². The lowest BCUT2D eigenvalue weighted by Crippen LogP contribution is -2.41. The Labute approximate surface area is 95.8 Å². The summed E-state index contributed by atoms with van der Waals surface area (Å²) < 4.78 is 5.62. The van der Waals surface area contributed by atoms with Crippen molar-refractivity contribution in [1.29, 1.82) is 0 Å². The molecule has 2 nitrogen and oxygen atoms in total. The van der Waals surface area contributed by atoms with Crippen LogP contribution in [0.15, 0.2) is 0 Å². The van der Waals surface area contributed by atoms with Gasteiger partial charge in [0.2, 0.25) is 0 Å². The van der Waals surface area contributed by atoms with Crippen molar-refractivity contribution < 1.29 is 4.74 Å². The van der Waals surface area contributed by atoms with Crippen LogP contribution in [-0.4, -0.2) is 34.4 Å². The molecule has 1 saturated heterocycles. The summed E-state index contributed by atoms with van der Waals surface area (Å²) in [6, 6.07) is 1.40. The largest absolute Gasteiger partial charge is 0.381 e. The highest BCUT2D eigenvalue weighted by atomic mass is 28.3. The molecule has 1 N–H and O–H groups in total. The van der Waals surface area contributed by atoms with Gasteiger partial charge in [-0.2, -0.15) is 0 Å². The maximum atomic E-state index is 5.62. The fourth-order valence-electron chi connectivity index (χ4n) is 2.65. The van der Waals surface area contributed by atoms with E-state index in [-0.39, 0.29) is 0 Å². The predicted molar refractivity (Wildman–Crippen MR) is 69.2 cm³/mol. The molecule has 0 aliphatic carbocycles. The molecule has 1 atom stereocenters. The van der Waals surface area contributed by atoms with Crippen LogP contribution in [0.5, 0.6) is 0 Å². The van der Waals surface area contributed by atoms with Gasteiger partial charge in [-0.05, 0) is 25.4 Å². The molecule has 1 aliphatic rings. The van der Waals surface area contributed by atoms with Crippen LogP contribution in [0.1, 0.15) is 19.8 Å². The molecule has 1 unspecified atom stereocenters. The van der Waals surface area contributed by atoms with Crippen molar-refractivity contribution in [3.8, 4) is 0 Å². The SMILES string of the molecule is CCCNCC1(C[Si](C)(C)C)CCOC1. The van der Waals surface area contributed by atoms with Gasteiger partial charge in [0.25, 0.3) is 0 Å². The normalized spacial score (nSPS) is 27.2. The van der Waals surface area contributed by atoms with E-state index >= 15 is 0 Å². The van der Waals surface area contributed by atoms with E-state index < -0.39 is 8.07 Å². The molecule has 0 aromatic rings. The number of rotatable bonds is 6. The second-order valence-corrected chi connectivity index (χ2v) is 11.7. The average molecular weight is 229 g/mol. The van der Waals surface area contributed by atoms with Crippen LogP contribution in [0, 0.1) is 5.41 Å². The second-order valence-electron chi connectivity index (χ2n) is 6.22. The molecule has 0 aromatic heterocycles. The summed E-state index contributed by atoms with van der Waals surface area (Å²) in [5, 5.41) is 3.58. The molecule has 0 aromatic carbocycles. The number of nitrogens with one attached hydrogen (secondary N) is 1. The van der Waals surface area contributed by atoms with Gasteiger partial charge in [-0.25, -0.2) is 0 Å². The Bertz CT molecular complexity index is 183. The van der Waals surface area contributed by atoms with E-state index in [2.05, 4.69) is 31.9 Å². The number of hydrogen-bond donors (Lipinski definition) is 1. The molecule has 1 heterocycles. The fraction of sp³-hybridized carbons (Fsp3) is 1.00. The van der Waals surface area contributed by atoms with E-state index in [1.54, 1.807) is 0 Å². The molecule has 1 aliphatic heterocycles. The topological polar surface area (TPSA) is 21.3 Å². The Balaban J connectivity index is 2.46. The molecule has 3 heteroatoms. The maximum absolute atomic E-state index is 5.62. The van der Waals surface area contributed by atoms with Gasteiger partial charge in [0.05, 0.1) is 6.61 Å². The van der Waals surface area contributed by atoms with Crippen molar-refractivity contribution in [3.05, 3.63) is 0 Å². The van der Waals surface area contributed by atoms with Crippen molar-refractivity contribution in [2.24, 2.45) is 5.41 Å². The van der Waals surface area contributed by atoms with Crippen LogP contribution in [0.25, 0.3) is 0 Å². The molecule has 0 bridgehead atoms. The molecular formula is C12H27NOSi. The summed E-state index contributed by atoms with van der Waals surface area (Å²) in [6.07, 6.45) is 2.48. The highest BCUT2D eigenvalue weighted by Crippen LogP contribution is 2.36. The van der Waals surface area contributed by atoms with E-state index in [0.717, 1.165) is 26.3 Å². The molecule has 1 rings (SSSR count). The maximum Gasteiger partial charge on any atom is 0.0532 e. The Morgan fingerprint density at radius 3 is 2.53 bits per heavy atom. The minimum absolute atomic E-state index is 0.458. The van der Waals surface area contributed by atoms with E-state index in [1.807, 2.05) is 0 Å². The second kappa shape index (κ2) is 5.46. The van der Waals surface area contributed by atoms with E-state index in [4.69, 9.17) is 4.74 Å². The monoisotopic (exact) mass is 229 g/mol. The number of ether oxygens (including phenoxy) is 1. The van der Waals surface area contributed by atoms with Gasteiger partial charge in [-0.15, -0.1) is 0 Å². The zero-order valence-electron chi connectivity index (χ0n) is 10.9. The van der Waals surface area contributed by atoms with E-state index in [1.165, 1.54) is 18.9 Å². The average Bonchev–Trinajstić information content (AvgIpc) is 2.51. The summed E-state index contributed by atoms with van der Waals surface area (Å²) in [5.41, 5.74) is 0.458. The molecule has 0 saturated carbocycles. The smallest absolute Gasteiger partial charge is 0.0532 e. The van der Waals surface area contributed by atoms with Crippen LogP contribution in [-0.2, 0) is 4.74 Å². The van der Waals surface area contributed by atoms with E-state index in [0.29, 0.717) is 5.41 Å². The molecule has 15 heavy (non-hydrogen) atoms. The molecule has 1 fully saturated rings. The van der Waals surface area contributed by atoms with Crippen molar-refractivity contribution in [3.63, 3.8) is 0 Å². The molecule has 0 amide bonds. The third kappa shape index (κ3) is 4.66. The Kier molecular flexibility index (Phi) is 4.81. The summed E-state index contributed by atoms with van der Waals surface area (Å²) in [5.74, 6) is 0. The summed E-state index contributed by atoms with van der Waals surface area (Å²) in [6.45, 7) is 13.9. The van der Waals surface area contributed by atoms with Gasteiger partial charge in [0.1, 0.15) is 0 Å². The van der Waals surface area contributed by atoms with Crippen molar-refractivity contribution >= 4 is 8.07 Å². The van der Waals surface area contributed by atoms with Gasteiger partial charge in [-0.1, -0.05) is 26.6 Å². The molecule has 0 spiro atoms.